The third kappa shape index (κ3) is 7.31. The van der Waals surface area contributed by atoms with E-state index >= 15 is 0 Å². The number of aliphatic hydroxyl groups is 1. The molecule has 3 nitrogen and oxygen atoms in total. The molecule has 2 atom stereocenters. The van der Waals surface area contributed by atoms with Crippen molar-refractivity contribution in [2.75, 3.05) is 6.61 Å². The van der Waals surface area contributed by atoms with Crippen molar-refractivity contribution in [1.82, 2.24) is 0 Å². The van der Waals surface area contributed by atoms with E-state index in [1.165, 1.54) is 19.3 Å². The number of aliphatic hydroxyl groups excluding tert-OH is 1. The monoisotopic (exact) mass is 266 g/mol. The highest BCUT2D eigenvalue weighted by Crippen LogP contribution is 2.09. The summed E-state index contributed by atoms with van der Waals surface area (Å²) in [6.07, 6.45) is 3.47. The Morgan fingerprint density at radius 2 is 1.79 bits per heavy atom. The van der Waals surface area contributed by atoms with E-state index in [1.807, 2.05) is 30.3 Å². The maximum atomic E-state index is 9.64. The Hall–Kier alpha value is -0.900. The van der Waals surface area contributed by atoms with Crippen molar-refractivity contribution in [3.63, 3.8) is 0 Å². The van der Waals surface area contributed by atoms with Gasteiger partial charge in [0.1, 0.15) is 6.10 Å². The molecule has 0 amide bonds. The van der Waals surface area contributed by atoms with Crippen molar-refractivity contribution in [1.29, 1.82) is 0 Å². The van der Waals surface area contributed by atoms with Crippen LogP contribution in [-0.2, 0) is 16.1 Å². The molecular weight excluding hydrogens is 240 g/mol. The molecule has 0 aliphatic rings. The first kappa shape index (κ1) is 16.2. The molecule has 0 fully saturated rings. The van der Waals surface area contributed by atoms with Crippen molar-refractivity contribution in [3.05, 3.63) is 35.9 Å². The minimum Gasteiger partial charge on any atom is -0.388 e. The molecule has 0 bridgehead atoms. The number of benzene rings is 1. The molecule has 0 saturated heterocycles. The molecule has 2 unspecified atom stereocenters. The molecule has 0 spiro atoms. The van der Waals surface area contributed by atoms with Gasteiger partial charge in [-0.05, 0) is 18.9 Å². The van der Waals surface area contributed by atoms with Gasteiger partial charge in [0, 0.05) is 6.61 Å². The maximum Gasteiger partial charge on any atom is 0.183 e. The topological polar surface area (TPSA) is 38.7 Å². The van der Waals surface area contributed by atoms with E-state index in [1.54, 1.807) is 6.92 Å². The normalized spacial score (nSPS) is 14.3. The predicted molar refractivity (Wildman–Crippen MR) is 76.8 cm³/mol. The Bertz CT molecular complexity index is 311. The molecule has 1 aromatic rings. The van der Waals surface area contributed by atoms with E-state index in [0.29, 0.717) is 13.2 Å². The maximum absolute atomic E-state index is 9.64. The third-order valence-corrected chi connectivity index (χ3v) is 2.93. The largest absolute Gasteiger partial charge is 0.388 e. The van der Waals surface area contributed by atoms with Crippen LogP contribution in [0.2, 0.25) is 0 Å². The lowest BCUT2D eigenvalue weighted by Gasteiger charge is -2.21. The minimum absolute atomic E-state index is 0.464. The van der Waals surface area contributed by atoms with Gasteiger partial charge in [-0.1, -0.05) is 56.5 Å². The first-order valence-electron chi connectivity index (χ1n) is 7.19. The molecule has 0 aliphatic heterocycles. The number of rotatable bonds is 10. The van der Waals surface area contributed by atoms with Gasteiger partial charge in [0.05, 0.1) is 6.61 Å². The zero-order valence-corrected chi connectivity index (χ0v) is 12.0. The SMILES string of the molecule is CCCCCCOC(OCc1ccccc1)C(C)O. The Balaban J connectivity index is 2.24. The van der Waals surface area contributed by atoms with Crippen LogP contribution < -0.4 is 0 Å². The van der Waals surface area contributed by atoms with Crippen LogP contribution in [-0.4, -0.2) is 24.1 Å². The van der Waals surface area contributed by atoms with Gasteiger partial charge < -0.3 is 14.6 Å². The van der Waals surface area contributed by atoms with E-state index in [4.69, 9.17) is 9.47 Å². The van der Waals surface area contributed by atoms with Crippen LogP contribution >= 0.6 is 0 Å². The Kier molecular flexibility index (Phi) is 8.47. The summed E-state index contributed by atoms with van der Waals surface area (Å²) in [6.45, 7) is 4.99. The molecule has 0 aromatic heterocycles. The Morgan fingerprint density at radius 3 is 2.42 bits per heavy atom. The Labute approximate surface area is 116 Å². The third-order valence-electron chi connectivity index (χ3n) is 2.93. The summed E-state index contributed by atoms with van der Waals surface area (Å²) < 4.78 is 11.2. The second-order valence-electron chi connectivity index (χ2n) is 4.84. The predicted octanol–water partition coefficient (Wildman–Crippen LogP) is 3.51. The molecule has 0 aliphatic carbocycles. The highest BCUT2D eigenvalue weighted by Gasteiger charge is 2.15. The van der Waals surface area contributed by atoms with Crippen LogP contribution in [0.15, 0.2) is 30.3 Å². The van der Waals surface area contributed by atoms with Gasteiger partial charge in [-0.15, -0.1) is 0 Å². The van der Waals surface area contributed by atoms with Gasteiger partial charge in [0.2, 0.25) is 0 Å². The average Bonchev–Trinajstić information content (AvgIpc) is 2.42. The standard InChI is InChI=1S/C16H26O3/c1-3-4-5-9-12-18-16(14(2)17)19-13-15-10-7-6-8-11-15/h6-8,10-11,14,16-17H,3-5,9,12-13H2,1-2H3. The minimum atomic E-state index is -0.616. The summed E-state index contributed by atoms with van der Waals surface area (Å²) in [5.74, 6) is 0. The van der Waals surface area contributed by atoms with Gasteiger partial charge in [-0.2, -0.15) is 0 Å². The molecule has 1 N–H and O–H groups in total. The van der Waals surface area contributed by atoms with Crippen LogP contribution in [0.1, 0.15) is 45.1 Å². The lowest BCUT2D eigenvalue weighted by Crippen LogP contribution is -2.29. The highest BCUT2D eigenvalue weighted by atomic mass is 16.7. The van der Waals surface area contributed by atoms with Crippen LogP contribution in [0.25, 0.3) is 0 Å². The van der Waals surface area contributed by atoms with Crippen molar-refractivity contribution >= 4 is 0 Å². The van der Waals surface area contributed by atoms with Crippen LogP contribution in [0.4, 0.5) is 0 Å². The molecule has 0 heterocycles. The molecule has 1 aromatic carbocycles. The van der Waals surface area contributed by atoms with Crippen molar-refractivity contribution in [2.24, 2.45) is 0 Å². The number of ether oxygens (including phenoxy) is 2. The Morgan fingerprint density at radius 1 is 1.05 bits per heavy atom. The second kappa shape index (κ2) is 9.96. The van der Waals surface area contributed by atoms with E-state index in [9.17, 15) is 5.11 Å². The van der Waals surface area contributed by atoms with Crippen LogP contribution in [0.5, 0.6) is 0 Å². The first-order valence-corrected chi connectivity index (χ1v) is 7.19. The molecule has 0 saturated carbocycles. The van der Waals surface area contributed by atoms with Gasteiger partial charge in [0.25, 0.3) is 0 Å². The van der Waals surface area contributed by atoms with E-state index in [0.717, 1.165) is 12.0 Å². The first-order chi connectivity index (χ1) is 9.24. The van der Waals surface area contributed by atoms with Crippen LogP contribution in [0, 0.1) is 0 Å². The molecule has 19 heavy (non-hydrogen) atoms. The highest BCUT2D eigenvalue weighted by molar-refractivity contribution is 5.13. The lowest BCUT2D eigenvalue weighted by molar-refractivity contribution is -0.196. The van der Waals surface area contributed by atoms with E-state index < -0.39 is 12.4 Å². The summed E-state index contributed by atoms with van der Waals surface area (Å²) in [4.78, 5) is 0. The summed E-state index contributed by atoms with van der Waals surface area (Å²) in [5, 5.41) is 9.64. The summed E-state index contributed by atoms with van der Waals surface area (Å²) in [5.41, 5.74) is 1.09. The number of hydrogen-bond donors (Lipinski definition) is 1. The zero-order valence-electron chi connectivity index (χ0n) is 12.0. The fourth-order valence-electron chi connectivity index (χ4n) is 1.81. The second-order valence-corrected chi connectivity index (χ2v) is 4.84. The quantitative estimate of drug-likeness (QED) is 0.520. The van der Waals surface area contributed by atoms with Crippen molar-refractivity contribution in [3.8, 4) is 0 Å². The summed E-state index contributed by atoms with van der Waals surface area (Å²) in [6, 6.07) is 9.92. The number of unbranched alkanes of at least 4 members (excludes halogenated alkanes) is 3. The van der Waals surface area contributed by atoms with Crippen molar-refractivity contribution < 1.29 is 14.6 Å². The fraction of sp³-hybridized carbons (Fsp3) is 0.625. The van der Waals surface area contributed by atoms with Crippen LogP contribution in [0.3, 0.4) is 0 Å². The van der Waals surface area contributed by atoms with Gasteiger partial charge in [-0.3, -0.25) is 0 Å². The molecular formula is C16H26O3. The average molecular weight is 266 g/mol. The zero-order chi connectivity index (χ0) is 13.9. The van der Waals surface area contributed by atoms with E-state index in [2.05, 4.69) is 6.92 Å². The molecule has 1 rings (SSSR count). The number of hydrogen-bond acceptors (Lipinski definition) is 3. The van der Waals surface area contributed by atoms with Gasteiger partial charge in [0.15, 0.2) is 6.29 Å². The summed E-state index contributed by atoms with van der Waals surface area (Å²) in [7, 11) is 0. The van der Waals surface area contributed by atoms with E-state index in [-0.39, 0.29) is 0 Å². The van der Waals surface area contributed by atoms with Crippen molar-refractivity contribution in [2.45, 2.75) is 58.5 Å². The smallest absolute Gasteiger partial charge is 0.183 e. The molecule has 108 valence electrons. The van der Waals surface area contributed by atoms with Gasteiger partial charge >= 0.3 is 0 Å². The molecule has 0 radical (unpaired) electrons. The summed E-state index contributed by atoms with van der Waals surface area (Å²) >= 11 is 0. The lowest BCUT2D eigenvalue weighted by atomic mass is 10.2. The fourth-order valence-corrected chi connectivity index (χ4v) is 1.81. The molecule has 3 heteroatoms. The van der Waals surface area contributed by atoms with Gasteiger partial charge in [-0.25, -0.2) is 0 Å².